The fourth-order valence-electron chi connectivity index (χ4n) is 2.81. The number of hydrogen-bond donors (Lipinski definition) is 1. The third kappa shape index (κ3) is 5.69. The van der Waals surface area contributed by atoms with Gasteiger partial charge in [0.15, 0.2) is 0 Å². The Morgan fingerprint density at radius 1 is 1.43 bits per heavy atom. The van der Waals surface area contributed by atoms with Crippen molar-refractivity contribution in [2.45, 2.75) is 39.5 Å². The highest BCUT2D eigenvalue weighted by Crippen LogP contribution is 2.24. The van der Waals surface area contributed by atoms with Crippen LogP contribution in [0.4, 0.5) is 5.82 Å². The van der Waals surface area contributed by atoms with Gasteiger partial charge in [-0.3, -0.25) is 4.79 Å². The Balaban J connectivity index is 1.74. The third-order valence-electron chi connectivity index (χ3n) is 4.26. The molecule has 0 aromatic carbocycles. The molecule has 23 heavy (non-hydrogen) atoms. The molecule has 1 amide bonds. The van der Waals surface area contributed by atoms with Crippen molar-refractivity contribution in [3.63, 3.8) is 0 Å². The smallest absolute Gasteiger partial charge is 0.318 e. The minimum atomic E-state index is 0.188. The minimum absolute atomic E-state index is 0.188. The first kappa shape index (κ1) is 17.5. The summed E-state index contributed by atoms with van der Waals surface area (Å²) in [5.74, 6) is 2.18. The van der Waals surface area contributed by atoms with Crippen molar-refractivity contribution >= 4 is 11.7 Å². The molecular weight excluding hydrogens is 292 g/mol. The van der Waals surface area contributed by atoms with E-state index in [9.17, 15) is 4.79 Å². The first-order valence-electron chi connectivity index (χ1n) is 8.47. The van der Waals surface area contributed by atoms with Gasteiger partial charge in [-0.1, -0.05) is 13.8 Å². The number of ether oxygens (including phenoxy) is 1. The van der Waals surface area contributed by atoms with Crippen molar-refractivity contribution in [1.82, 2.24) is 15.3 Å². The monoisotopic (exact) mass is 320 g/mol. The number of hydrogen-bond acceptors (Lipinski definition) is 5. The number of carbonyl (C=O) groups excluding carboxylic acids is 1. The number of nitrogens with one attached hydrogen (secondary N) is 1. The van der Waals surface area contributed by atoms with Crippen molar-refractivity contribution < 1.29 is 9.53 Å². The molecule has 0 spiro atoms. The molecule has 2 rings (SSSR count). The molecule has 1 aliphatic rings. The zero-order chi connectivity index (χ0) is 16.7. The highest BCUT2D eigenvalue weighted by molar-refractivity contribution is 5.76. The fraction of sp³-hybridized carbons (Fsp3) is 0.706. The lowest BCUT2D eigenvalue weighted by Gasteiger charge is -2.32. The van der Waals surface area contributed by atoms with E-state index in [1.807, 2.05) is 6.07 Å². The van der Waals surface area contributed by atoms with Gasteiger partial charge in [0.25, 0.3) is 0 Å². The molecular formula is C17H28N4O2. The Hall–Kier alpha value is -1.85. The van der Waals surface area contributed by atoms with Gasteiger partial charge in [0, 0.05) is 32.3 Å². The summed E-state index contributed by atoms with van der Waals surface area (Å²) in [6.07, 6.45) is 5.43. The Bertz CT molecular complexity index is 499. The second-order valence-electron chi connectivity index (χ2n) is 6.57. The van der Waals surface area contributed by atoms with Gasteiger partial charge in [-0.2, -0.15) is 4.98 Å². The molecule has 128 valence electrons. The summed E-state index contributed by atoms with van der Waals surface area (Å²) < 4.78 is 5.07. The van der Waals surface area contributed by atoms with Crippen LogP contribution in [0.1, 0.15) is 39.5 Å². The van der Waals surface area contributed by atoms with Gasteiger partial charge in [-0.25, -0.2) is 4.98 Å². The first-order chi connectivity index (χ1) is 11.1. The maximum Gasteiger partial charge on any atom is 0.318 e. The quantitative estimate of drug-likeness (QED) is 0.834. The van der Waals surface area contributed by atoms with Gasteiger partial charge < -0.3 is 15.0 Å². The number of piperidine rings is 1. The largest absolute Gasteiger partial charge is 0.467 e. The first-order valence-corrected chi connectivity index (χ1v) is 8.47. The molecule has 1 aromatic rings. The fourth-order valence-corrected chi connectivity index (χ4v) is 2.81. The van der Waals surface area contributed by atoms with Crippen LogP contribution in [0.25, 0.3) is 0 Å². The second kappa shape index (κ2) is 8.70. The Morgan fingerprint density at radius 3 is 2.83 bits per heavy atom. The van der Waals surface area contributed by atoms with Crippen LogP contribution >= 0.6 is 0 Å². The maximum absolute atomic E-state index is 12.0. The SMILES string of the molecule is COc1nccc(N2CCC(CC(=O)NCCC(C)C)CC2)n1. The molecule has 0 atom stereocenters. The molecule has 6 nitrogen and oxygen atoms in total. The van der Waals surface area contributed by atoms with Crippen LogP contribution < -0.4 is 15.0 Å². The molecule has 2 heterocycles. The Morgan fingerprint density at radius 2 is 2.17 bits per heavy atom. The van der Waals surface area contributed by atoms with Crippen LogP contribution in [0.15, 0.2) is 12.3 Å². The molecule has 0 saturated carbocycles. The summed E-state index contributed by atoms with van der Waals surface area (Å²) in [6, 6.07) is 2.30. The number of anilines is 1. The van der Waals surface area contributed by atoms with Gasteiger partial charge in [0.05, 0.1) is 7.11 Å². The highest BCUT2D eigenvalue weighted by atomic mass is 16.5. The Labute approximate surface area is 138 Å². The molecule has 1 saturated heterocycles. The molecule has 0 bridgehead atoms. The number of aromatic nitrogens is 2. The lowest BCUT2D eigenvalue weighted by Crippen LogP contribution is -2.36. The summed E-state index contributed by atoms with van der Waals surface area (Å²) in [5.41, 5.74) is 0. The zero-order valence-electron chi connectivity index (χ0n) is 14.4. The summed E-state index contributed by atoms with van der Waals surface area (Å²) in [5, 5.41) is 3.03. The van der Waals surface area contributed by atoms with Crippen molar-refractivity contribution in [3.8, 4) is 6.01 Å². The summed E-state index contributed by atoms with van der Waals surface area (Å²) in [6.45, 7) is 6.97. The molecule has 0 aliphatic carbocycles. The summed E-state index contributed by atoms with van der Waals surface area (Å²) in [4.78, 5) is 22.6. The number of rotatable bonds is 7. The van der Waals surface area contributed by atoms with Gasteiger partial charge in [0.2, 0.25) is 5.91 Å². The van der Waals surface area contributed by atoms with Crippen molar-refractivity contribution in [2.75, 3.05) is 31.6 Å². The lowest BCUT2D eigenvalue weighted by molar-refractivity contribution is -0.122. The zero-order valence-corrected chi connectivity index (χ0v) is 14.4. The maximum atomic E-state index is 12.0. The van der Waals surface area contributed by atoms with E-state index in [1.54, 1.807) is 13.3 Å². The van der Waals surface area contributed by atoms with Crippen LogP contribution in [0.2, 0.25) is 0 Å². The predicted octanol–water partition coefficient (Wildman–Crippen LogP) is 2.25. The molecule has 1 fully saturated rings. The van der Waals surface area contributed by atoms with Gasteiger partial charge >= 0.3 is 6.01 Å². The van der Waals surface area contributed by atoms with E-state index in [4.69, 9.17) is 4.74 Å². The molecule has 1 N–H and O–H groups in total. The minimum Gasteiger partial charge on any atom is -0.467 e. The summed E-state index contributed by atoms with van der Waals surface area (Å²) >= 11 is 0. The number of amides is 1. The standard InChI is InChI=1S/C17H28N4O2/c1-13(2)4-8-18-16(22)12-14-6-10-21(11-7-14)15-5-9-19-17(20-15)23-3/h5,9,13-14H,4,6-8,10-12H2,1-3H3,(H,18,22). The highest BCUT2D eigenvalue weighted by Gasteiger charge is 2.22. The van der Waals surface area contributed by atoms with Crippen LogP contribution in [0.3, 0.4) is 0 Å². The van der Waals surface area contributed by atoms with E-state index in [-0.39, 0.29) is 5.91 Å². The average molecular weight is 320 g/mol. The second-order valence-corrected chi connectivity index (χ2v) is 6.57. The van der Waals surface area contributed by atoms with Gasteiger partial charge in [0.1, 0.15) is 5.82 Å². The van der Waals surface area contributed by atoms with Crippen molar-refractivity contribution in [3.05, 3.63) is 12.3 Å². The third-order valence-corrected chi connectivity index (χ3v) is 4.26. The number of carbonyl (C=O) groups is 1. The van der Waals surface area contributed by atoms with E-state index in [0.717, 1.165) is 44.7 Å². The van der Waals surface area contributed by atoms with Crippen molar-refractivity contribution in [1.29, 1.82) is 0 Å². The lowest BCUT2D eigenvalue weighted by atomic mass is 9.93. The molecule has 1 aromatic heterocycles. The molecule has 1 aliphatic heterocycles. The van der Waals surface area contributed by atoms with Crippen LogP contribution in [-0.2, 0) is 4.79 Å². The summed E-state index contributed by atoms with van der Waals surface area (Å²) in [7, 11) is 1.57. The topological polar surface area (TPSA) is 67.3 Å². The normalized spacial score (nSPS) is 15.7. The van der Waals surface area contributed by atoms with E-state index < -0.39 is 0 Å². The molecule has 0 unspecified atom stereocenters. The molecule has 0 radical (unpaired) electrons. The van der Waals surface area contributed by atoms with E-state index in [1.165, 1.54) is 0 Å². The average Bonchev–Trinajstić information content (AvgIpc) is 2.55. The van der Waals surface area contributed by atoms with Crippen LogP contribution in [0, 0.1) is 11.8 Å². The number of nitrogens with zero attached hydrogens (tertiary/aromatic N) is 3. The van der Waals surface area contributed by atoms with Crippen LogP contribution in [-0.4, -0.2) is 42.6 Å². The predicted molar refractivity (Wildman–Crippen MR) is 90.6 cm³/mol. The van der Waals surface area contributed by atoms with Crippen LogP contribution in [0.5, 0.6) is 6.01 Å². The van der Waals surface area contributed by atoms with E-state index in [2.05, 4.69) is 34.0 Å². The van der Waals surface area contributed by atoms with Crippen molar-refractivity contribution in [2.24, 2.45) is 11.8 Å². The molecule has 6 heteroatoms. The van der Waals surface area contributed by atoms with E-state index in [0.29, 0.717) is 24.3 Å². The van der Waals surface area contributed by atoms with E-state index >= 15 is 0 Å². The van der Waals surface area contributed by atoms with Gasteiger partial charge in [-0.15, -0.1) is 0 Å². The Kier molecular flexibility index (Phi) is 6.62. The number of methoxy groups -OCH3 is 1. The van der Waals surface area contributed by atoms with Gasteiger partial charge in [-0.05, 0) is 37.2 Å².